The van der Waals surface area contributed by atoms with E-state index in [9.17, 15) is 14.4 Å². The van der Waals surface area contributed by atoms with Gasteiger partial charge < -0.3 is 4.74 Å². The molecule has 33 heavy (non-hydrogen) atoms. The van der Waals surface area contributed by atoms with E-state index in [1.807, 2.05) is 60.7 Å². The van der Waals surface area contributed by atoms with E-state index in [0.29, 0.717) is 11.4 Å². The van der Waals surface area contributed by atoms with E-state index in [1.165, 1.54) is 11.8 Å². The van der Waals surface area contributed by atoms with E-state index < -0.39 is 17.8 Å². The fourth-order valence-electron chi connectivity index (χ4n) is 5.02. The van der Waals surface area contributed by atoms with Gasteiger partial charge in [0.05, 0.1) is 17.5 Å². The van der Waals surface area contributed by atoms with Crippen molar-refractivity contribution >= 4 is 23.5 Å². The van der Waals surface area contributed by atoms with Crippen molar-refractivity contribution in [2.75, 3.05) is 4.90 Å². The van der Waals surface area contributed by atoms with Crippen LogP contribution in [-0.2, 0) is 14.4 Å². The summed E-state index contributed by atoms with van der Waals surface area (Å²) in [5.41, 5.74) is 2.51. The zero-order valence-corrected chi connectivity index (χ0v) is 18.1. The van der Waals surface area contributed by atoms with Crippen LogP contribution < -0.4 is 9.64 Å². The molecule has 0 N–H and O–H groups in total. The first kappa shape index (κ1) is 20.9. The monoisotopic (exact) mass is 437 g/mol. The van der Waals surface area contributed by atoms with Crippen LogP contribution in [0.3, 0.4) is 0 Å². The van der Waals surface area contributed by atoms with Gasteiger partial charge in [-0.25, -0.2) is 4.90 Å². The topological polar surface area (TPSA) is 63.7 Å². The number of allylic oxidation sites excluding steroid dienone is 2. The number of imide groups is 1. The van der Waals surface area contributed by atoms with E-state index in [4.69, 9.17) is 4.74 Å². The Balaban J connectivity index is 1.56. The van der Waals surface area contributed by atoms with Gasteiger partial charge in [-0.1, -0.05) is 72.8 Å². The van der Waals surface area contributed by atoms with Gasteiger partial charge in [0.1, 0.15) is 5.75 Å². The molecule has 3 aromatic carbocycles. The van der Waals surface area contributed by atoms with Crippen LogP contribution in [-0.4, -0.2) is 17.8 Å². The molecule has 0 aromatic heterocycles. The normalized spacial score (nSPS) is 24.0. The predicted octanol–water partition coefficient (Wildman–Crippen LogP) is 4.85. The first-order chi connectivity index (χ1) is 16.0. The highest BCUT2D eigenvalue weighted by Gasteiger charge is 2.55. The smallest absolute Gasteiger partial charge is 0.308 e. The summed E-state index contributed by atoms with van der Waals surface area (Å²) in [4.78, 5) is 40.0. The van der Waals surface area contributed by atoms with Crippen molar-refractivity contribution in [1.82, 2.24) is 0 Å². The van der Waals surface area contributed by atoms with Crippen molar-refractivity contribution in [2.45, 2.75) is 18.8 Å². The molecule has 3 aromatic rings. The Morgan fingerprint density at radius 1 is 0.697 bits per heavy atom. The number of rotatable bonds is 4. The molecule has 1 fully saturated rings. The number of ether oxygens (including phenoxy) is 1. The average molecular weight is 437 g/mol. The van der Waals surface area contributed by atoms with Crippen LogP contribution in [0.2, 0.25) is 0 Å². The lowest BCUT2D eigenvalue weighted by Crippen LogP contribution is -2.31. The van der Waals surface area contributed by atoms with Gasteiger partial charge in [-0.15, -0.1) is 0 Å². The minimum Gasteiger partial charge on any atom is -0.427 e. The highest BCUT2D eigenvalue weighted by molar-refractivity contribution is 6.23. The Bertz CT molecular complexity index is 1150. The van der Waals surface area contributed by atoms with E-state index in [-0.39, 0.29) is 23.7 Å². The van der Waals surface area contributed by atoms with Crippen molar-refractivity contribution in [3.63, 3.8) is 0 Å². The van der Waals surface area contributed by atoms with Crippen LogP contribution in [0.5, 0.6) is 5.75 Å². The molecule has 1 aliphatic carbocycles. The fraction of sp³-hybridized carbons (Fsp3) is 0.179. The fourth-order valence-corrected chi connectivity index (χ4v) is 5.02. The molecule has 0 saturated carbocycles. The van der Waals surface area contributed by atoms with Gasteiger partial charge >= 0.3 is 5.97 Å². The van der Waals surface area contributed by atoms with Crippen LogP contribution in [0.15, 0.2) is 97.1 Å². The summed E-state index contributed by atoms with van der Waals surface area (Å²) < 4.78 is 5.09. The van der Waals surface area contributed by atoms with Gasteiger partial charge in [-0.05, 0) is 35.4 Å². The number of amides is 2. The Kier molecular flexibility index (Phi) is 5.38. The van der Waals surface area contributed by atoms with Crippen molar-refractivity contribution < 1.29 is 19.1 Å². The molecule has 0 radical (unpaired) electrons. The third kappa shape index (κ3) is 3.76. The molecule has 5 heteroatoms. The summed E-state index contributed by atoms with van der Waals surface area (Å²) in [5, 5.41) is 0. The average Bonchev–Trinajstić information content (AvgIpc) is 3.10. The molecule has 0 bridgehead atoms. The number of carbonyl (C=O) groups is 3. The molecule has 4 atom stereocenters. The van der Waals surface area contributed by atoms with Crippen molar-refractivity contribution in [3.05, 3.63) is 108 Å². The van der Waals surface area contributed by atoms with Crippen LogP contribution >= 0.6 is 0 Å². The molecule has 1 saturated heterocycles. The lowest BCUT2D eigenvalue weighted by Gasteiger charge is -2.32. The highest BCUT2D eigenvalue weighted by Crippen LogP contribution is 2.50. The maximum absolute atomic E-state index is 13.8. The van der Waals surface area contributed by atoms with Gasteiger partial charge in [-0.3, -0.25) is 14.4 Å². The number of fused-ring (bicyclic) bond motifs is 1. The maximum atomic E-state index is 13.8. The number of anilines is 1. The molecule has 1 aliphatic heterocycles. The lowest BCUT2D eigenvalue weighted by atomic mass is 9.68. The second kappa shape index (κ2) is 8.51. The second-order valence-corrected chi connectivity index (χ2v) is 8.41. The van der Waals surface area contributed by atoms with E-state index in [2.05, 4.69) is 12.2 Å². The van der Waals surface area contributed by atoms with Crippen LogP contribution in [0, 0.1) is 11.8 Å². The number of esters is 1. The minimum absolute atomic E-state index is 0.182. The summed E-state index contributed by atoms with van der Waals surface area (Å²) in [7, 11) is 0. The molecule has 5 nitrogen and oxygen atoms in total. The predicted molar refractivity (Wildman–Crippen MR) is 125 cm³/mol. The first-order valence-corrected chi connectivity index (χ1v) is 11.0. The molecule has 2 aliphatic rings. The molecule has 2 amide bonds. The Labute approximate surface area is 192 Å². The zero-order valence-electron chi connectivity index (χ0n) is 18.1. The molecule has 5 rings (SSSR count). The summed E-state index contributed by atoms with van der Waals surface area (Å²) in [5.74, 6) is -1.82. The molecule has 1 heterocycles. The Hall–Kier alpha value is -3.99. The number of benzene rings is 3. The summed E-state index contributed by atoms with van der Waals surface area (Å²) in [6.07, 6.45) is 4.15. The number of nitrogens with zero attached hydrogens (tertiary/aromatic N) is 1. The third-order valence-corrected chi connectivity index (χ3v) is 6.42. The van der Waals surface area contributed by atoms with Crippen molar-refractivity contribution in [3.8, 4) is 5.75 Å². The van der Waals surface area contributed by atoms with Gasteiger partial charge in [0.25, 0.3) is 0 Å². The van der Waals surface area contributed by atoms with Gasteiger partial charge in [0, 0.05) is 18.8 Å². The number of hydrogen-bond acceptors (Lipinski definition) is 4. The maximum Gasteiger partial charge on any atom is 0.308 e. The number of hydrogen-bond donors (Lipinski definition) is 0. The van der Waals surface area contributed by atoms with Crippen molar-refractivity contribution in [2.24, 2.45) is 11.8 Å². The van der Waals surface area contributed by atoms with E-state index in [1.54, 1.807) is 24.3 Å². The van der Waals surface area contributed by atoms with Gasteiger partial charge in [-0.2, -0.15) is 0 Å². The Morgan fingerprint density at radius 3 is 1.58 bits per heavy atom. The summed E-state index contributed by atoms with van der Waals surface area (Å²) >= 11 is 0. The zero-order chi connectivity index (χ0) is 22.9. The molecule has 0 unspecified atom stereocenters. The van der Waals surface area contributed by atoms with E-state index in [0.717, 1.165) is 11.1 Å². The van der Waals surface area contributed by atoms with Crippen LogP contribution in [0.1, 0.15) is 29.9 Å². The summed E-state index contributed by atoms with van der Waals surface area (Å²) in [6, 6.07) is 26.2. The Morgan fingerprint density at radius 2 is 1.15 bits per heavy atom. The lowest BCUT2D eigenvalue weighted by molar-refractivity contribution is -0.132. The molecule has 0 spiro atoms. The van der Waals surface area contributed by atoms with Crippen molar-refractivity contribution in [1.29, 1.82) is 0 Å². The van der Waals surface area contributed by atoms with Gasteiger partial charge in [0.2, 0.25) is 11.8 Å². The minimum atomic E-state index is -0.497. The number of carbonyl (C=O) groups excluding carboxylic acids is 3. The quantitative estimate of drug-likeness (QED) is 0.253. The van der Waals surface area contributed by atoms with E-state index >= 15 is 0 Å². The SMILES string of the molecule is CC(=O)Oc1ccc(N2C(=O)[C@H]3[C@H](C2=O)[C@H](c2ccccc2)C=C[C@H]3c2ccccc2)cc1. The standard InChI is InChI=1S/C28H23NO4/c1-18(30)33-22-14-12-21(13-15-22)29-27(31)25-23(19-8-4-2-5-9-19)16-17-24(26(25)28(29)32)20-10-6-3-7-11-20/h2-17,23-26H,1H3/t23-,24-,25+,26+/m0/s1. The van der Waals surface area contributed by atoms with Crippen LogP contribution in [0.4, 0.5) is 5.69 Å². The summed E-state index contributed by atoms with van der Waals surface area (Å²) in [6.45, 7) is 1.33. The molecule has 164 valence electrons. The van der Waals surface area contributed by atoms with Crippen LogP contribution in [0.25, 0.3) is 0 Å². The molecular formula is C28H23NO4. The second-order valence-electron chi connectivity index (χ2n) is 8.41. The van der Waals surface area contributed by atoms with Gasteiger partial charge in [0.15, 0.2) is 0 Å². The molecular weight excluding hydrogens is 414 g/mol. The first-order valence-electron chi connectivity index (χ1n) is 11.0. The highest BCUT2D eigenvalue weighted by atomic mass is 16.5. The largest absolute Gasteiger partial charge is 0.427 e. The third-order valence-electron chi connectivity index (χ3n) is 6.42.